The number of alkyl halides is 5. The van der Waals surface area contributed by atoms with Crippen molar-refractivity contribution >= 4 is 29.0 Å². The summed E-state index contributed by atoms with van der Waals surface area (Å²) in [6.07, 6.45) is -6.21. The first-order valence-corrected chi connectivity index (χ1v) is 10.5. The van der Waals surface area contributed by atoms with E-state index in [1.807, 2.05) is 0 Å². The summed E-state index contributed by atoms with van der Waals surface area (Å²) in [4.78, 5) is 17.6. The first-order chi connectivity index (χ1) is 16.8. The molecule has 3 aromatic rings. The topological polar surface area (TPSA) is 110 Å². The highest BCUT2D eigenvalue weighted by Crippen LogP contribution is 2.38. The molecule has 36 heavy (non-hydrogen) atoms. The lowest BCUT2D eigenvalue weighted by atomic mass is 10.1. The third-order valence-corrected chi connectivity index (χ3v) is 4.67. The number of hydrogen-bond donors (Lipinski definition) is 2. The highest BCUT2D eigenvalue weighted by Gasteiger charge is 2.38. The minimum atomic E-state index is -4.69. The molecule has 0 unspecified atom stereocenters. The number of nitrogens with one attached hydrogen (secondary N) is 2. The standard InChI is InChI=1S/C20H20ClF5N8O2/c1-33(2)13-4-11(30-31-17(13)12-8-34(3)32-18(12)20(24,25)26)7-27-19(35)28-10-5-14(21)29-16(6-10)36-9-15(22)23/h4-6,8,15H,7,9H2,1-3H3,(H2,27,28,29,35). The summed E-state index contributed by atoms with van der Waals surface area (Å²) < 4.78 is 70.8. The number of ether oxygens (including phenoxy) is 1. The molecule has 0 spiro atoms. The number of pyridine rings is 1. The fourth-order valence-corrected chi connectivity index (χ4v) is 3.23. The second kappa shape index (κ2) is 10.9. The molecule has 0 aromatic carbocycles. The Labute approximate surface area is 206 Å². The summed E-state index contributed by atoms with van der Waals surface area (Å²) in [7, 11) is 4.60. The molecule has 2 N–H and O–H groups in total. The molecular weight excluding hydrogens is 515 g/mol. The van der Waals surface area contributed by atoms with Crippen LogP contribution in [-0.2, 0) is 19.8 Å². The second-order valence-corrected chi connectivity index (χ2v) is 7.94. The average Bonchev–Trinajstić information content (AvgIpc) is 3.18. The van der Waals surface area contributed by atoms with Crippen LogP contribution in [0.1, 0.15) is 11.4 Å². The van der Waals surface area contributed by atoms with Gasteiger partial charge in [-0.2, -0.15) is 23.4 Å². The fraction of sp³-hybridized carbons (Fsp3) is 0.350. The number of anilines is 2. The van der Waals surface area contributed by atoms with Crippen LogP contribution in [0, 0.1) is 0 Å². The molecule has 10 nitrogen and oxygen atoms in total. The summed E-state index contributed by atoms with van der Waals surface area (Å²) in [6, 6.07) is 3.26. The maximum Gasteiger partial charge on any atom is 0.435 e. The lowest BCUT2D eigenvalue weighted by Crippen LogP contribution is -2.29. The van der Waals surface area contributed by atoms with Gasteiger partial charge in [0, 0.05) is 33.4 Å². The van der Waals surface area contributed by atoms with E-state index >= 15 is 0 Å². The van der Waals surface area contributed by atoms with Crippen LogP contribution in [0.2, 0.25) is 5.15 Å². The molecule has 0 aliphatic rings. The minimum Gasteiger partial charge on any atom is -0.471 e. The van der Waals surface area contributed by atoms with E-state index in [0.29, 0.717) is 5.69 Å². The summed E-state index contributed by atoms with van der Waals surface area (Å²) >= 11 is 5.83. The zero-order valence-electron chi connectivity index (χ0n) is 19.1. The minimum absolute atomic E-state index is 0.0311. The van der Waals surface area contributed by atoms with E-state index in [4.69, 9.17) is 16.3 Å². The van der Waals surface area contributed by atoms with Gasteiger partial charge < -0.3 is 20.3 Å². The van der Waals surface area contributed by atoms with Gasteiger partial charge in [0.05, 0.1) is 29.2 Å². The molecule has 2 amide bonds. The van der Waals surface area contributed by atoms with Crippen molar-refractivity contribution in [1.29, 1.82) is 0 Å². The Bertz CT molecular complexity index is 1240. The molecule has 0 saturated heterocycles. The van der Waals surface area contributed by atoms with Gasteiger partial charge in [-0.25, -0.2) is 18.6 Å². The molecule has 3 aromatic heterocycles. The van der Waals surface area contributed by atoms with Gasteiger partial charge in [-0.3, -0.25) is 4.68 Å². The Morgan fingerprint density at radius 1 is 1.22 bits per heavy atom. The van der Waals surface area contributed by atoms with Crippen LogP contribution in [-0.4, -0.2) is 58.1 Å². The largest absolute Gasteiger partial charge is 0.471 e. The number of carbonyl (C=O) groups is 1. The van der Waals surface area contributed by atoms with Crippen molar-refractivity contribution in [2.24, 2.45) is 7.05 Å². The van der Waals surface area contributed by atoms with Crippen molar-refractivity contribution in [3.05, 3.63) is 40.9 Å². The third-order valence-electron chi connectivity index (χ3n) is 4.47. The highest BCUT2D eigenvalue weighted by molar-refractivity contribution is 6.29. The van der Waals surface area contributed by atoms with Crippen LogP contribution in [0.25, 0.3) is 11.3 Å². The molecular formula is C20H20ClF5N8O2. The summed E-state index contributed by atoms with van der Waals surface area (Å²) in [6.45, 7) is -1.03. The lowest BCUT2D eigenvalue weighted by Gasteiger charge is -2.17. The van der Waals surface area contributed by atoms with Crippen LogP contribution >= 0.6 is 11.6 Å². The first kappa shape index (κ1) is 26.8. The molecule has 0 aliphatic carbocycles. The van der Waals surface area contributed by atoms with Gasteiger partial charge in [0.25, 0.3) is 6.43 Å². The number of aromatic nitrogens is 5. The van der Waals surface area contributed by atoms with Crippen molar-refractivity contribution in [2.45, 2.75) is 19.1 Å². The number of urea groups is 1. The monoisotopic (exact) mass is 534 g/mol. The van der Waals surface area contributed by atoms with E-state index in [1.54, 1.807) is 19.0 Å². The number of nitrogens with zero attached hydrogens (tertiary/aromatic N) is 6. The molecule has 16 heteroatoms. The molecule has 194 valence electrons. The summed E-state index contributed by atoms with van der Waals surface area (Å²) in [5, 5.41) is 16.2. The Balaban J connectivity index is 1.74. The van der Waals surface area contributed by atoms with E-state index in [2.05, 4.69) is 30.9 Å². The molecule has 3 heterocycles. The van der Waals surface area contributed by atoms with E-state index < -0.39 is 30.9 Å². The highest BCUT2D eigenvalue weighted by atomic mass is 35.5. The van der Waals surface area contributed by atoms with Crippen molar-refractivity contribution < 1.29 is 31.5 Å². The Kier molecular flexibility index (Phi) is 8.12. The van der Waals surface area contributed by atoms with E-state index in [-0.39, 0.29) is 40.2 Å². The van der Waals surface area contributed by atoms with E-state index in [1.165, 1.54) is 31.4 Å². The molecule has 0 saturated carbocycles. The van der Waals surface area contributed by atoms with Gasteiger partial charge in [0.1, 0.15) is 10.8 Å². The third kappa shape index (κ3) is 6.90. The predicted octanol–water partition coefficient (Wildman–Crippen LogP) is 3.98. The second-order valence-electron chi connectivity index (χ2n) is 7.55. The number of carbonyl (C=O) groups excluding carboxylic acids is 1. The molecule has 0 radical (unpaired) electrons. The van der Waals surface area contributed by atoms with E-state index in [9.17, 15) is 26.7 Å². The Morgan fingerprint density at radius 3 is 2.58 bits per heavy atom. The van der Waals surface area contributed by atoms with Crippen LogP contribution in [0.15, 0.2) is 24.4 Å². The smallest absolute Gasteiger partial charge is 0.435 e. The maximum atomic E-state index is 13.4. The SMILES string of the molecule is CN(C)c1cc(CNC(=O)Nc2cc(Cl)nc(OCC(F)F)c2)nnc1-c1cn(C)nc1C(F)(F)F. The van der Waals surface area contributed by atoms with Crippen LogP contribution in [0.5, 0.6) is 5.88 Å². The lowest BCUT2D eigenvalue weighted by molar-refractivity contribution is -0.141. The van der Waals surface area contributed by atoms with Crippen molar-refractivity contribution in [2.75, 3.05) is 30.9 Å². The predicted molar refractivity (Wildman–Crippen MR) is 120 cm³/mol. The van der Waals surface area contributed by atoms with Gasteiger partial charge in [-0.05, 0) is 12.1 Å². The van der Waals surface area contributed by atoms with Crippen LogP contribution in [0.4, 0.5) is 38.1 Å². The number of aryl methyl sites for hydroxylation is 1. The van der Waals surface area contributed by atoms with Gasteiger partial charge in [0.15, 0.2) is 12.3 Å². The average molecular weight is 535 g/mol. The van der Waals surface area contributed by atoms with Gasteiger partial charge in [0.2, 0.25) is 5.88 Å². The van der Waals surface area contributed by atoms with E-state index in [0.717, 1.165) is 4.68 Å². The zero-order chi connectivity index (χ0) is 26.6. The molecule has 0 bridgehead atoms. The summed E-state index contributed by atoms with van der Waals surface area (Å²) in [5.41, 5.74) is -0.663. The van der Waals surface area contributed by atoms with Gasteiger partial charge in [-0.1, -0.05) is 11.6 Å². The number of rotatable bonds is 8. The molecule has 0 fully saturated rings. The Hall–Kier alpha value is -3.75. The molecule has 3 rings (SSSR count). The number of hydrogen-bond acceptors (Lipinski definition) is 7. The number of amides is 2. The first-order valence-electron chi connectivity index (χ1n) is 10.1. The van der Waals surface area contributed by atoms with Crippen LogP contribution in [0.3, 0.4) is 0 Å². The molecule has 0 atom stereocenters. The van der Waals surface area contributed by atoms with Gasteiger partial charge in [-0.15, -0.1) is 5.10 Å². The van der Waals surface area contributed by atoms with Crippen molar-refractivity contribution in [3.8, 4) is 17.1 Å². The zero-order valence-corrected chi connectivity index (χ0v) is 19.8. The van der Waals surface area contributed by atoms with Crippen molar-refractivity contribution in [3.63, 3.8) is 0 Å². The quantitative estimate of drug-likeness (QED) is 0.332. The molecule has 0 aliphatic heterocycles. The van der Waals surface area contributed by atoms with Crippen molar-refractivity contribution in [1.82, 2.24) is 30.3 Å². The maximum absolute atomic E-state index is 13.4. The normalized spacial score (nSPS) is 11.5. The van der Waals surface area contributed by atoms with Gasteiger partial charge >= 0.3 is 12.2 Å². The Morgan fingerprint density at radius 2 is 1.94 bits per heavy atom. The van der Waals surface area contributed by atoms with Crippen LogP contribution < -0.4 is 20.3 Å². The summed E-state index contributed by atoms with van der Waals surface area (Å²) in [5.74, 6) is -0.205. The fourth-order valence-electron chi connectivity index (χ4n) is 3.02. The number of halogens is 6.